The van der Waals surface area contributed by atoms with Gasteiger partial charge >= 0.3 is 0 Å². The number of carbonyl (C=O) groups excluding carboxylic acids is 1. The Morgan fingerprint density at radius 3 is 3.05 bits per heavy atom. The molecule has 0 aromatic carbocycles. The van der Waals surface area contributed by atoms with Gasteiger partial charge < -0.3 is 10.4 Å². The molecule has 2 aromatic rings. The zero-order chi connectivity index (χ0) is 15.2. The number of hydrogen-bond donors (Lipinski definition) is 2. The first-order valence-electron chi connectivity index (χ1n) is 6.56. The number of aryl methyl sites for hydroxylation is 2. The molecular formula is C15H17N3O2S. The molecule has 2 aromatic heterocycles. The average molecular weight is 303 g/mol. The van der Waals surface area contributed by atoms with Crippen LogP contribution in [-0.4, -0.2) is 27.4 Å². The van der Waals surface area contributed by atoms with E-state index in [1.165, 1.54) is 0 Å². The van der Waals surface area contributed by atoms with Crippen LogP contribution in [0.1, 0.15) is 32.9 Å². The molecule has 0 saturated carbocycles. The van der Waals surface area contributed by atoms with Crippen LogP contribution in [0.15, 0.2) is 17.6 Å². The highest BCUT2D eigenvalue weighted by Crippen LogP contribution is 2.16. The maximum atomic E-state index is 12.1. The van der Waals surface area contributed by atoms with Crippen LogP contribution in [0.3, 0.4) is 0 Å². The van der Waals surface area contributed by atoms with Crippen LogP contribution in [0.2, 0.25) is 0 Å². The first-order valence-corrected chi connectivity index (χ1v) is 7.44. The van der Waals surface area contributed by atoms with E-state index in [2.05, 4.69) is 22.3 Å². The standard InChI is InChI=1S/C15H17N3O2S/c1-11-13(10-18(2)17-11)15(20)16-9-14-12(6-8-21-14)5-3-4-7-19/h6,8,10,19H,4,7,9H2,1-2H3,(H,16,20). The van der Waals surface area contributed by atoms with Gasteiger partial charge in [0.25, 0.3) is 5.91 Å². The number of rotatable bonds is 4. The molecule has 2 heterocycles. The third kappa shape index (κ3) is 3.94. The van der Waals surface area contributed by atoms with Crippen LogP contribution in [0.5, 0.6) is 0 Å². The molecule has 0 aliphatic heterocycles. The average Bonchev–Trinajstić information content (AvgIpc) is 3.03. The third-order valence-electron chi connectivity index (χ3n) is 2.87. The Labute approximate surface area is 127 Å². The Hall–Kier alpha value is -2.10. The molecule has 2 rings (SSSR count). The van der Waals surface area contributed by atoms with Crippen molar-refractivity contribution < 1.29 is 9.90 Å². The quantitative estimate of drug-likeness (QED) is 0.840. The summed E-state index contributed by atoms with van der Waals surface area (Å²) in [5.41, 5.74) is 2.20. The number of aliphatic hydroxyl groups excluding tert-OH is 1. The minimum Gasteiger partial charge on any atom is -0.395 e. The van der Waals surface area contributed by atoms with Crippen molar-refractivity contribution in [1.82, 2.24) is 15.1 Å². The van der Waals surface area contributed by atoms with Crippen molar-refractivity contribution in [2.75, 3.05) is 6.61 Å². The Kier molecular flexibility index (Phi) is 5.14. The first kappa shape index (κ1) is 15.3. The van der Waals surface area contributed by atoms with Gasteiger partial charge in [-0.25, -0.2) is 0 Å². The van der Waals surface area contributed by atoms with E-state index in [0.717, 1.165) is 10.4 Å². The number of carbonyl (C=O) groups is 1. The van der Waals surface area contributed by atoms with Gasteiger partial charge in [0.2, 0.25) is 0 Å². The topological polar surface area (TPSA) is 67.2 Å². The summed E-state index contributed by atoms with van der Waals surface area (Å²) >= 11 is 1.55. The molecule has 0 saturated heterocycles. The molecule has 1 amide bonds. The van der Waals surface area contributed by atoms with Gasteiger partial charge in [0, 0.05) is 30.1 Å². The largest absolute Gasteiger partial charge is 0.395 e. The lowest BCUT2D eigenvalue weighted by Crippen LogP contribution is -2.23. The first-order chi connectivity index (χ1) is 10.1. The van der Waals surface area contributed by atoms with Crippen LogP contribution < -0.4 is 5.32 Å². The number of thiophene rings is 1. The predicted molar refractivity (Wildman–Crippen MR) is 82.0 cm³/mol. The van der Waals surface area contributed by atoms with Crippen molar-refractivity contribution in [3.05, 3.63) is 39.3 Å². The van der Waals surface area contributed by atoms with Gasteiger partial charge in [0.15, 0.2) is 0 Å². The molecule has 0 unspecified atom stereocenters. The maximum Gasteiger partial charge on any atom is 0.255 e. The number of aliphatic hydroxyl groups is 1. The van der Waals surface area contributed by atoms with Crippen LogP contribution in [0.25, 0.3) is 0 Å². The summed E-state index contributed by atoms with van der Waals surface area (Å²) in [6, 6.07) is 1.92. The normalized spacial score (nSPS) is 10.0. The fourth-order valence-corrected chi connectivity index (χ4v) is 2.65. The summed E-state index contributed by atoms with van der Waals surface area (Å²) in [7, 11) is 1.79. The molecule has 110 valence electrons. The maximum absolute atomic E-state index is 12.1. The van der Waals surface area contributed by atoms with E-state index in [1.807, 2.05) is 18.4 Å². The highest BCUT2D eigenvalue weighted by molar-refractivity contribution is 7.10. The van der Waals surface area contributed by atoms with Crippen LogP contribution in [0.4, 0.5) is 0 Å². The second-order valence-electron chi connectivity index (χ2n) is 4.52. The van der Waals surface area contributed by atoms with Gasteiger partial charge in [-0.15, -0.1) is 11.3 Å². The monoisotopic (exact) mass is 303 g/mol. The molecular weight excluding hydrogens is 286 g/mol. The van der Waals surface area contributed by atoms with Crippen LogP contribution in [-0.2, 0) is 13.6 Å². The Morgan fingerprint density at radius 2 is 2.38 bits per heavy atom. The number of nitrogens with zero attached hydrogens (tertiary/aromatic N) is 2. The number of nitrogens with one attached hydrogen (secondary N) is 1. The lowest BCUT2D eigenvalue weighted by atomic mass is 10.2. The van der Waals surface area contributed by atoms with Gasteiger partial charge in [0.1, 0.15) is 0 Å². The lowest BCUT2D eigenvalue weighted by molar-refractivity contribution is 0.0950. The molecule has 0 fully saturated rings. The molecule has 0 spiro atoms. The predicted octanol–water partition coefficient (Wildman–Crippen LogP) is 1.45. The minimum atomic E-state index is -0.136. The molecule has 0 bridgehead atoms. The van der Waals surface area contributed by atoms with E-state index in [0.29, 0.717) is 24.2 Å². The van der Waals surface area contributed by atoms with E-state index in [4.69, 9.17) is 5.11 Å². The summed E-state index contributed by atoms with van der Waals surface area (Å²) in [5, 5.41) is 17.7. The highest BCUT2D eigenvalue weighted by atomic mass is 32.1. The van der Waals surface area contributed by atoms with Gasteiger partial charge in [-0.3, -0.25) is 9.48 Å². The van der Waals surface area contributed by atoms with Crippen molar-refractivity contribution in [2.45, 2.75) is 19.9 Å². The smallest absolute Gasteiger partial charge is 0.255 e. The molecule has 0 atom stereocenters. The molecule has 6 heteroatoms. The summed E-state index contributed by atoms with van der Waals surface area (Å²) in [6.07, 6.45) is 2.16. The molecule has 2 N–H and O–H groups in total. The molecule has 0 radical (unpaired) electrons. The van der Waals surface area contributed by atoms with Gasteiger partial charge in [-0.2, -0.15) is 5.10 Å². The summed E-state index contributed by atoms with van der Waals surface area (Å²) in [5.74, 6) is 5.76. The highest BCUT2D eigenvalue weighted by Gasteiger charge is 2.12. The van der Waals surface area contributed by atoms with E-state index in [-0.39, 0.29) is 12.5 Å². The number of amides is 1. The van der Waals surface area contributed by atoms with Crippen molar-refractivity contribution in [3.8, 4) is 11.8 Å². The number of aromatic nitrogens is 2. The second kappa shape index (κ2) is 7.07. The Balaban J connectivity index is 2.01. The van der Waals surface area contributed by atoms with Gasteiger partial charge in [-0.1, -0.05) is 11.8 Å². The van der Waals surface area contributed by atoms with Gasteiger partial charge in [0.05, 0.1) is 24.4 Å². The van der Waals surface area contributed by atoms with Crippen LogP contribution in [0, 0.1) is 18.8 Å². The van der Waals surface area contributed by atoms with E-state index < -0.39 is 0 Å². The fourth-order valence-electron chi connectivity index (χ4n) is 1.88. The van der Waals surface area contributed by atoms with Crippen molar-refractivity contribution in [1.29, 1.82) is 0 Å². The second-order valence-corrected chi connectivity index (χ2v) is 5.52. The minimum absolute atomic E-state index is 0.0590. The van der Waals surface area contributed by atoms with E-state index in [9.17, 15) is 4.79 Å². The number of hydrogen-bond acceptors (Lipinski definition) is 4. The van der Waals surface area contributed by atoms with E-state index >= 15 is 0 Å². The zero-order valence-corrected chi connectivity index (χ0v) is 12.8. The Bertz CT molecular complexity index is 691. The zero-order valence-electron chi connectivity index (χ0n) is 12.0. The molecule has 0 aliphatic carbocycles. The molecule has 5 nitrogen and oxygen atoms in total. The molecule has 0 aliphatic rings. The van der Waals surface area contributed by atoms with E-state index in [1.54, 1.807) is 29.3 Å². The Morgan fingerprint density at radius 1 is 1.57 bits per heavy atom. The third-order valence-corrected chi connectivity index (χ3v) is 3.79. The van der Waals surface area contributed by atoms with Crippen molar-refractivity contribution in [3.63, 3.8) is 0 Å². The van der Waals surface area contributed by atoms with Crippen LogP contribution >= 0.6 is 11.3 Å². The lowest BCUT2D eigenvalue weighted by Gasteiger charge is -2.03. The summed E-state index contributed by atoms with van der Waals surface area (Å²) < 4.78 is 1.63. The van der Waals surface area contributed by atoms with Crippen molar-refractivity contribution >= 4 is 17.2 Å². The van der Waals surface area contributed by atoms with Crippen molar-refractivity contribution in [2.24, 2.45) is 7.05 Å². The molecule has 21 heavy (non-hydrogen) atoms. The SMILES string of the molecule is Cc1nn(C)cc1C(=O)NCc1sccc1C#CCCO. The summed E-state index contributed by atoms with van der Waals surface area (Å²) in [6.45, 7) is 2.31. The van der Waals surface area contributed by atoms with Gasteiger partial charge in [-0.05, 0) is 18.4 Å². The fraction of sp³-hybridized carbons (Fsp3) is 0.333. The summed E-state index contributed by atoms with van der Waals surface area (Å²) in [4.78, 5) is 13.1.